The first-order valence-electron chi connectivity index (χ1n) is 11.0. The highest BCUT2D eigenvalue weighted by Gasteiger charge is 2.22. The third kappa shape index (κ3) is 18.0. The highest BCUT2D eigenvalue weighted by atomic mass is 16.6. The van der Waals surface area contributed by atoms with Crippen LogP contribution in [0.3, 0.4) is 0 Å². The molecule has 0 saturated carbocycles. The average molecular weight is 401 g/mol. The Morgan fingerprint density at radius 2 is 1.18 bits per heavy atom. The number of carbonyl (C=O) groups is 3. The van der Waals surface area contributed by atoms with E-state index in [9.17, 15) is 19.5 Å². The molecule has 0 heterocycles. The van der Waals surface area contributed by atoms with E-state index in [0.717, 1.165) is 25.2 Å². The van der Waals surface area contributed by atoms with Gasteiger partial charge in [-0.25, -0.2) is 4.79 Å². The van der Waals surface area contributed by atoms with Crippen molar-refractivity contribution in [3.8, 4) is 0 Å². The second kappa shape index (κ2) is 17.7. The first kappa shape index (κ1) is 26.6. The molecule has 0 rings (SSSR count). The van der Waals surface area contributed by atoms with Crippen LogP contribution in [0, 0.1) is 5.92 Å². The number of ether oxygens (including phenoxy) is 1. The van der Waals surface area contributed by atoms with E-state index in [1.54, 1.807) is 0 Å². The first-order valence-corrected chi connectivity index (χ1v) is 11.0. The molecular formula is C22H40O6. The molecule has 0 amide bonds. The van der Waals surface area contributed by atoms with Crippen molar-refractivity contribution in [1.29, 1.82) is 0 Å². The molecule has 6 heteroatoms. The third-order valence-corrected chi connectivity index (χ3v) is 4.77. The highest BCUT2D eigenvalue weighted by molar-refractivity contribution is 5.89. The summed E-state index contributed by atoms with van der Waals surface area (Å²) in [5.74, 6) is -2.39. The van der Waals surface area contributed by atoms with Gasteiger partial charge >= 0.3 is 17.9 Å². The largest absolute Gasteiger partial charge is 0.481 e. The van der Waals surface area contributed by atoms with Gasteiger partial charge in [0.2, 0.25) is 0 Å². The number of unbranched alkanes of at least 4 members (excludes halogenated alkanes) is 11. The van der Waals surface area contributed by atoms with Crippen LogP contribution >= 0.6 is 0 Å². The number of rotatable bonds is 18. The molecule has 0 spiro atoms. The van der Waals surface area contributed by atoms with Crippen molar-refractivity contribution in [3.05, 3.63) is 0 Å². The zero-order valence-electron chi connectivity index (χ0n) is 17.8. The Kier molecular flexibility index (Phi) is 16.8. The maximum atomic E-state index is 11.5. The molecule has 1 unspecified atom stereocenters. The molecule has 28 heavy (non-hydrogen) atoms. The molecule has 1 atom stereocenters. The van der Waals surface area contributed by atoms with Crippen LogP contribution < -0.4 is 0 Å². The lowest BCUT2D eigenvalue weighted by atomic mass is 10.0. The molecule has 0 aliphatic carbocycles. The Morgan fingerprint density at radius 3 is 1.61 bits per heavy atom. The molecule has 0 radical (unpaired) electrons. The lowest BCUT2D eigenvalue weighted by Crippen LogP contribution is -2.28. The van der Waals surface area contributed by atoms with Crippen LogP contribution in [0.2, 0.25) is 0 Å². The number of esters is 2. The molecule has 0 saturated heterocycles. The van der Waals surface area contributed by atoms with Crippen molar-refractivity contribution >= 4 is 17.9 Å². The molecule has 2 N–H and O–H groups in total. The summed E-state index contributed by atoms with van der Waals surface area (Å²) in [4.78, 5) is 33.1. The molecule has 0 aromatic carbocycles. The van der Waals surface area contributed by atoms with E-state index in [1.807, 2.05) is 0 Å². The van der Waals surface area contributed by atoms with Crippen LogP contribution in [0.4, 0.5) is 0 Å². The summed E-state index contributed by atoms with van der Waals surface area (Å²) in [6, 6.07) is 0. The Morgan fingerprint density at radius 1 is 0.750 bits per heavy atom. The van der Waals surface area contributed by atoms with Crippen LogP contribution in [0.25, 0.3) is 0 Å². The lowest BCUT2D eigenvalue weighted by Gasteiger charge is -2.07. The molecule has 0 aromatic heterocycles. The number of aliphatic carboxylic acids is 1. The number of carboxylic acids is 1. The summed E-state index contributed by atoms with van der Waals surface area (Å²) in [5.41, 5.74) is 0. The normalized spacial score (nSPS) is 12.1. The van der Waals surface area contributed by atoms with Gasteiger partial charge in [0, 0.05) is 6.42 Å². The van der Waals surface area contributed by atoms with Gasteiger partial charge in [0.1, 0.15) is 0 Å². The molecule has 0 aliphatic heterocycles. The smallest absolute Gasteiger partial charge is 0.343 e. The fourth-order valence-electron chi connectivity index (χ4n) is 3.07. The minimum absolute atomic E-state index is 0.113. The zero-order valence-corrected chi connectivity index (χ0v) is 17.8. The number of carboxylic acid groups (broad SMARTS) is 1. The molecule has 0 aliphatic rings. The number of aliphatic hydroxyl groups is 1. The second-order valence-electron chi connectivity index (χ2n) is 8.08. The SMILES string of the molecule is CC(C)CCCCCCCCCCCCCCC(=O)OC(=O)C(O)CC(=O)O. The monoisotopic (exact) mass is 400 g/mol. The van der Waals surface area contributed by atoms with Gasteiger partial charge in [0.05, 0.1) is 6.42 Å². The number of hydrogen-bond donors (Lipinski definition) is 2. The second-order valence-corrected chi connectivity index (χ2v) is 8.08. The van der Waals surface area contributed by atoms with Gasteiger partial charge in [0.15, 0.2) is 6.10 Å². The summed E-state index contributed by atoms with van der Waals surface area (Å²) >= 11 is 0. The quantitative estimate of drug-likeness (QED) is 0.190. The first-order chi connectivity index (χ1) is 13.3. The molecule has 164 valence electrons. The maximum Gasteiger partial charge on any atom is 0.343 e. The molecule has 6 nitrogen and oxygen atoms in total. The fourth-order valence-corrected chi connectivity index (χ4v) is 3.07. The average Bonchev–Trinajstić information content (AvgIpc) is 2.61. The van der Waals surface area contributed by atoms with Crippen LogP contribution in [-0.4, -0.2) is 34.2 Å². The van der Waals surface area contributed by atoms with E-state index in [0.29, 0.717) is 6.42 Å². The van der Waals surface area contributed by atoms with E-state index in [4.69, 9.17) is 5.11 Å². The summed E-state index contributed by atoms with van der Waals surface area (Å²) in [6.45, 7) is 4.56. The fraction of sp³-hybridized carbons (Fsp3) is 0.864. The van der Waals surface area contributed by atoms with Gasteiger partial charge in [-0.3, -0.25) is 9.59 Å². The lowest BCUT2D eigenvalue weighted by molar-refractivity contribution is -0.168. The van der Waals surface area contributed by atoms with Gasteiger partial charge in [-0.05, 0) is 12.3 Å². The highest BCUT2D eigenvalue weighted by Crippen LogP contribution is 2.14. The van der Waals surface area contributed by atoms with E-state index < -0.39 is 30.4 Å². The van der Waals surface area contributed by atoms with E-state index in [2.05, 4.69) is 18.6 Å². The van der Waals surface area contributed by atoms with Gasteiger partial charge < -0.3 is 14.9 Å². The van der Waals surface area contributed by atoms with Gasteiger partial charge in [-0.15, -0.1) is 0 Å². The maximum absolute atomic E-state index is 11.5. The van der Waals surface area contributed by atoms with Crippen LogP contribution in [0.1, 0.15) is 110 Å². The summed E-state index contributed by atoms with van der Waals surface area (Å²) < 4.78 is 4.44. The van der Waals surface area contributed by atoms with Gasteiger partial charge in [-0.2, -0.15) is 0 Å². The topological polar surface area (TPSA) is 101 Å². The minimum Gasteiger partial charge on any atom is -0.481 e. The van der Waals surface area contributed by atoms with Gasteiger partial charge in [0.25, 0.3) is 0 Å². The van der Waals surface area contributed by atoms with Crippen LogP contribution in [0.5, 0.6) is 0 Å². The van der Waals surface area contributed by atoms with Crippen molar-refractivity contribution in [1.82, 2.24) is 0 Å². The number of aliphatic hydroxyl groups excluding tert-OH is 1. The van der Waals surface area contributed by atoms with Crippen molar-refractivity contribution in [2.45, 2.75) is 116 Å². The minimum atomic E-state index is -1.79. The molecule has 0 aromatic rings. The Hall–Kier alpha value is -1.43. The van der Waals surface area contributed by atoms with Gasteiger partial charge in [-0.1, -0.05) is 90.9 Å². The van der Waals surface area contributed by atoms with E-state index in [-0.39, 0.29) is 6.42 Å². The van der Waals surface area contributed by atoms with Crippen molar-refractivity contribution in [3.63, 3.8) is 0 Å². The Labute approximate surface area is 170 Å². The summed E-state index contributed by atoms with van der Waals surface area (Å²) in [6.07, 6.45) is 13.2. The van der Waals surface area contributed by atoms with Crippen molar-refractivity contribution in [2.75, 3.05) is 0 Å². The van der Waals surface area contributed by atoms with E-state index >= 15 is 0 Å². The molecule has 0 fully saturated rings. The van der Waals surface area contributed by atoms with Crippen LogP contribution in [-0.2, 0) is 19.1 Å². The third-order valence-electron chi connectivity index (χ3n) is 4.77. The van der Waals surface area contributed by atoms with E-state index in [1.165, 1.54) is 57.8 Å². The number of hydrogen-bond acceptors (Lipinski definition) is 5. The molecule has 0 bridgehead atoms. The predicted octanol–water partition coefficient (Wildman–Crippen LogP) is 5.01. The predicted molar refractivity (Wildman–Crippen MR) is 109 cm³/mol. The Bertz CT molecular complexity index is 433. The van der Waals surface area contributed by atoms with Crippen molar-refractivity contribution < 1.29 is 29.3 Å². The molecular weight excluding hydrogens is 360 g/mol. The standard InChI is InChI=1S/C22H40O6/c1-18(2)15-13-11-9-7-5-3-4-6-8-10-12-14-16-21(26)28-22(27)19(23)17-20(24)25/h18-19,23H,3-17H2,1-2H3,(H,24,25). The van der Waals surface area contributed by atoms with Crippen LogP contribution in [0.15, 0.2) is 0 Å². The Balaban J connectivity index is 3.38. The summed E-state index contributed by atoms with van der Waals surface area (Å²) in [7, 11) is 0. The summed E-state index contributed by atoms with van der Waals surface area (Å²) in [5, 5.41) is 17.7. The zero-order chi connectivity index (χ0) is 21.2. The van der Waals surface area contributed by atoms with Crippen molar-refractivity contribution in [2.24, 2.45) is 5.92 Å². The number of carbonyl (C=O) groups excluding carboxylic acids is 2.